The summed E-state index contributed by atoms with van der Waals surface area (Å²) in [4.78, 5) is 15.7. The summed E-state index contributed by atoms with van der Waals surface area (Å²) in [5, 5.41) is 3.95. The maximum Gasteiger partial charge on any atom is 0.433 e. The molecule has 0 atom stereocenters. The van der Waals surface area contributed by atoms with Crippen molar-refractivity contribution in [1.29, 1.82) is 0 Å². The fourth-order valence-electron chi connectivity index (χ4n) is 2.85. The fraction of sp³-hybridized carbons (Fsp3) is 0.300. The molecule has 0 aliphatic heterocycles. The van der Waals surface area contributed by atoms with Gasteiger partial charge in [0.05, 0.1) is 9.75 Å². The number of aryl methyl sites for hydroxylation is 1. The van der Waals surface area contributed by atoms with Crippen molar-refractivity contribution in [2.24, 2.45) is 7.05 Å². The SMILES string of the molecule is CC(C)N(Cc1ccccc1)C(=O)c1ccc(-c2cc(C(F)(F)F)n(C)n2)s1. The first-order valence-corrected chi connectivity index (χ1v) is 9.55. The number of carbonyl (C=O) groups excluding carboxylic acids is 1. The zero-order valence-electron chi connectivity index (χ0n) is 15.7. The monoisotopic (exact) mass is 407 g/mol. The third-order valence-electron chi connectivity index (χ3n) is 4.32. The van der Waals surface area contributed by atoms with E-state index < -0.39 is 11.9 Å². The van der Waals surface area contributed by atoms with E-state index in [2.05, 4.69) is 5.10 Å². The number of thiophene rings is 1. The number of aromatic nitrogens is 2. The summed E-state index contributed by atoms with van der Waals surface area (Å²) in [6.45, 7) is 4.33. The molecule has 28 heavy (non-hydrogen) atoms. The molecular formula is C20H20F3N3OS. The number of alkyl halides is 3. The zero-order valence-corrected chi connectivity index (χ0v) is 16.5. The van der Waals surface area contributed by atoms with Gasteiger partial charge in [-0.25, -0.2) is 0 Å². The van der Waals surface area contributed by atoms with E-state index in [-0.39, 0.29) is 17.6 Å². The number of benzene rings is 1. The number of amides is 1. The van der Waals surface area contributed by atoms with Crippen LogP contribution in [0.4, 0.5) is 13.2 Å². The molecule has 0 saturated carbocycles. The molecule has 0 unspecified atom stereocenters. The number of hydrogen-bond acceptors (Lipinski definition) is 3. The van der Waals surface area contributed by atoms with Crippen LogP contribution in [-0.2, 0) is 19.8 Å². The average molecular weight is 407 g/mol. The molecule has 2 aromatic heterocycles. The van der Waals surface area contributed by atoms with Gasteiger partial charge in [-0.2, -0.15) is 18.3 Å². The molecule has 3 rings (SSSR count). The Morgan fingerprint density at radius 2 is 1.86 bits per heavy atom. The maximum atomic E-state index is 13.0. The smallest absolute Gasteiger partial charge is 0.331 e. The number of hydrogen-bond donors (Lipinski definition) is 0. The van der Waals surface area contributed by atoms with Gasteiger partial charge < -0.3 is 4.90 Å². The molecule has 0 spiro atoms. The predicted molar refractivity (Wildman–Crippen MR) is 103 cm³/mol. The number of nitrogens with zero attached hydrogens (tertiary/aromatic N) is 3. The van der Waals surface area contributed by atoms with Crippen LogP contribution in [0.25, 0.3) is 10.6 Å². The summed E-state index contributed by atoms with van der Waals surface area (Å²) in [7, 11) is 1.26. The molecule has 0 aliphatic carbocycles. The van der Waals surface area contributed by atoms with Crippen LogP contribution in [0.2, 0.25) is 0 Å². The van der Waals surface area contributed by atoms with Gasteiger partial charge in [-0.3, -0.25) is 9.48 Å². The second kappa shape index (κ2) is 7.79. The Balaban J connectivity index is 1.85. The van der Waals surface area contributed by atoms with Crippen LogP contribution in [0.15, 0.2) is 48.5 Å². The van der Waals surface area contributed by atoms with Crippen LogP contribution in [0.1, 0.15) is 34.8 Å². The van der Waals surface area contributed by atoms with Crippen molar-refractivity contribution >= 4 is 17.2 Å². The molecular weight excluding hydrogens is 387 g/mol. The summed E-state index contributed by atoms with van der Waals surface area (Å²) < 4.78 is 39.8. The van der Waals surface area contributed by atoms with Crippen LogP contribution >= 0.6 is 11.3 Å². The molecule has 0 bridgehead atoms. The van der Waals surface area contributed by atoms with Crippen molar-refractivity contribution in [2.45, 2.75) is 32.6 Å². The lowest BCUT2D eigenvalue weighted by atomic mass is 10.2. The van der Waals surface area contributed by atoms with E-state index in [1.165, 1.54) is 7.05 Å². The first-order chi connectivity index (χ1) is 13.2. The standard InChI is InChI=1S/C20H20F3N3OS/c1-13(2)26(12-14-7-5-4-6-8-14)19(27)17-10-9-16(28-17)15-11-18(20(21,22)23)25(3)24-15/h4-11,13H,12H2,1-3H3. The van der Waals surface area contributed by atoms with Crippen LogP contribution in [0.3, 0.4) is 0 Å². The minimum absolute atomic E-state index is 0.0232. The highest BCUT2D eigenvalue weighted by molar-refractivity contribution is 7.17. The van der Waals surface area contributed by atoms with Crippen LogP contribution in [0.5, 0.6) is 0 Å². The molecule has 0 radical (unpaired) electrons. The van der Waals surface area contributed by atoms with E-state index in [1.807, 2.05) is 44.2 Å². The Morgan fingerprint density at radius 1 is 1.18 bits per heavy atom. The van der Waals surface area contributed by atoms with Crippen molar-refractivity contribution in [2.75, 3.05) is 0 Å². The van der Waals surface area contributed by atoms with E-state index in [0.29, 0.717) is 16.3 Å². The topological polar surface area (TPSA) is 38.1 Å². The van der Waals surface area contributed by atoms with Crippen molar-refractivity contribution in [1.82, 2.24) is 14.7 Å². The molecule has 0 saturated heterocycles. The van der Waals surface area contributed by atoms with Crippen LogP contribution in [-0.4, -0.2) is 26.6 Å². The molecule has 1 amide bonds. The lowest BCUT2D eigenvalue weighted by Gasteiger charge is -2.26. The molecule has 0 aliphatic rings. The summed E-state index contributed by atoms with van der Waals surface area (Å²) >= 11 is 1.15. The second-order valence-corrected chi connectivity index (χ2v) is 7.80. The molecule has 0 fully saturated rings. The van der Waals surface area contributed by atoms with E-state index in [4.69, 9.17) is 0 Å². The quantitative estimate of drug-likeness (QED) is 0.582. The summed E-state index contributed by atoms with van der Waals surface area (Å²) in [6, 6.07) is 13.9. The normalized spacial score (nSPS) is 11.8. The summed E-state index contributed by atoms with van der Waals surface area (Å²) in [6.07, 6.45) is -4.47. The summed E-state index contributed by atoms with van der Waals surface area (Å²) in [5.74, 6) is -0.151. The van der Waals surface area contributed by atoms with Gasteiger partial charge in [0.25, 0.3) is 5.91 Å². The third kappa shape index (κ3) is 4.27. The highest BCUT2D eigenvalue weighted by atomic mass is 32.1. The van der Waals surface area contributed by atoms with Gasteiger partial charge in [0.15, 0.2) is 0 Å². The molecule has 0 N–H and O–H groups in total. The Morgan fingerprint density at radius 3 is 2.43 bits per heavy atom. The van der Waals surface area contributed by atoms with Gasteiger partial charge in [0.1, 0.15) is 11.4 Å². The van der Waals surface area contributed by atoms with Crippen molar-refractivity contribution in [3.05, 3.63) is 64.7 Å². The van der Waals surface area contributed by atoms with Gasteiger partial charge in [-0.05, 0) is 37.6 Å². The number of halogens is 3. The molecule has 1 aromatic carbocycles. The molecule has 3 aromatic rings. The maximum absolute atomic E-state index is 13.0. The minimum Gasteiger partial charge on any atom is -0.331 e. The van der Waals surface area contributed by atoms with E-state index >= 15 is 0 Å². The Labute approximate surface area is 165 Å². The molecule has 2 heterocycles. The highest BCUT2D eigenvalue weighted by Crippen LogP contribution is 2.34. The van der Waals surface area contributed by atoms with Gasteiger partial charge >= 0.3 is 6.18 Å². The van der Waals surface area contributed by atoms with Crippen molar-refractivity contribution < 1.29 is 18.0 Å². The largest absolute Gasteiger partial charge is 0.433 e. The van der Waals surface area contributed by atoms with Gasteiger partial charge in [0.2, 0.25) is 0 Å². The Kier molecular flexibility index (Phi) is 5.60. The van der Waals surface area contributed by atoms with Gasteiger partial charge in [-0.1, -0.05) is 30.3 Å². The fourth-order valence-corrected chi connectivity index (χ4v) is 3.77. The van der Waals surface area contributed by atoms with E-state index in [0.717, 1.165) is 27.6 Å². The lowest BCUT2D eigenvalue weighted by molar-refractivity contribution is -0.143. The lowest BCUT2D eigenvalue weighted by Crippen LogP contribution is -2.35. The average Bonchev–Trinajstić information content (AvgIpc) is 3.26. The third-order valence-corrected chi connectivity index (χ3v) is 5.42. The first-order valence-electron chi connectivity index (χ1n) is 8.73. The van der Waals surface area contributed by atoms with Crippen molar-refractivity contribution in [3.63, 3.8) is 0 Å². The van der Waals surface area contributed by atoms with Crippen LogP contribution in [0, 0.1) is 0 Å². The molecule has 148 valence electrons. The van der Waals surface area contributed by atoms with Crippen LogP contribution < -0.4 is 0 Å². The Bertz CT molecular complexity index is 961. The highest BCUT2D eigenvalue weighted by Gasteiger charge is 2.35. The van der Waals surface area contributed by atoms with E-state index in [9.17, 15) is 18.0 Å². The second-order valence-electron chi connectivity index (χ2n) is 6.71. The predicted octanol–water partition coefficient (Wildman–Crippen LogP) is 5.22. The van der Waals surface area contributed by atoms with Crippen molar-refractivity contribution in [3.8, 4) is 10.6 Å². The van der Waals surface area contributed by atoms with Gasteiger partial charge in [0, 0.05) is 19.6 Å². The minimum atomic E-state index is -4.47. The molecule has 4 nitrogen and oxygen atoms in total. The summed E-state index contributed by atoms with van der Waals surface area (Å²) in [5.41, 5.74) is 0.399. The number of rotatable bonds is 5. The molecule has 8 heteroatoms. The van der Waals surface area contributed by atoms with Gasteiger partial charge in [-0.15, -0.1) is 11.3 Å². The number of carbonyl (C=O) groups is 1. The van der Waals surface area contributed by atoms with E-state index in [1.54, 1.807) is 17.0 Å². The first kappa shape index (κ1) is 20.1. The zero-order chi connectivity index (χ0) is 20.5. The Hall–Kier alpha value is -2.61.